The molecular formula is C11H16O2S. The van der Waals surface area contributed by atoms with Crippen LogP contribution >= 0.6 is 11.3 Å². The minimum atomic E-state index is -0.339. The van der Waals surface area contributed by atoms with Crippen LogP contribution in [0.4, 0.5) is 0 Å². The van der Waals surface area contributed by atoms with Crippen molar-refractivity contribution in [2.24, 2.45) is 0 Å². The molecule has 2 nitrogen and oxygen atoms in total. The second-order valence-corrected chi connectivity index (χ2v) is 4.97. The summed E-state index contributed by atoms with van der Waals surface area (Å²) in [6, 6.07) is 3.96. The summed E-state index contributed by atoms with van der Waals surface area (Å²) in [6.45, 7) is 3.86. The van der Waals surface area contributed by atoms with E-state index in [0.29, 0.717) is 12.8 Å². The van der Waals surface area contributed by atoms with E-state index in [1.54, 1.807) is 18.4 Å². The number of Topliss-reactive ketones (excluding diaryl/α,β-unsaturated/α-hetero) is 1. The van der Waals surface area contributed by atoms with Gasteiger partial charge in [-0.2, -0.15) is 0 Å². The predicted octanol–water partition coefficient (Wildman–Crippen LogP) is 2.67. The van der Waals surface area contributed by atoms with Gasteiger partial charge < -0.3 is 4.74 Å². The standard InChI is InChI=1S/C11H16O2S/c1-11(2,13-3)8-9(12)7-10-5-4-6-14-10/h4-6H,7-8H2,1-3H3. The molecule has 0 aromatic carbocycles. The lowest BCUT2D eigenvalue weighted by molar-refractivity contribution is -0.123. The van der Waals surface area contributed by atoms with Crippen molar-refractivity contribution in [2.45, 2.75) is 32.3 Å². The average molecular weight is 212 g/mol. The van der Waals surface area contributed by atoms with Crippen LogP contribution in [-0.4, -0.2) is 18.5 Å². The molecule has 0 fully saturated rings. The molecule has 0 N–H and O–H groups in total. The number of carbonyl (C=O) groups is 1. The number of carbonyl (C=O) groups excluding carboxylic acids is 1. The van der Waals surface area contributed by atoms with Crippen LogP contribution < -0.4 is 0 Å². The molecule has 3 heteroatoms. The van der Waals surface area contributed by atoms with Gasteiger partial charge >= 0.3 is 0 Å². The molecule has 1 aromatic heterocycles. The molecule has 1 rings (SSSR count). The fourth-order valence-electron chi connectivity index (χ4n) is 1.22. The highest BCUT2D eigenvalue weighted by atomic mass is 32.1. The van der Waals surface area contributed by atoms with E-state index in [9.17, 15) is 4.79 Å². The molecule has 78 valence electrons. The molecule has 0 unspecified atom stereocenters. The molecule has 0 saturated carbocycles. The number of ether oxygens (including phenoxy) is 1. The molecule has 0 aliphatic rings. The monoisotopic (exact) mass is 212 g/mol. The van der Waals surface area contributed by atoms with Gasteiger partial charge in [0.2, 0.25) is 0 Å². The highest BCUT2D eigenvalue weighted by molar-refractivity contribution is 7.10. The van der Waals surface area contributed by atoms with Gasteiger partial charge in [-0.3, -0.25) is 4.79 Å². The number of methoxy groups -OCH3 is 1. The van der Waals surface area contributed by atoms with Gasteiger partial charge in [-0.15, -0.1) is 11.3 Å². The summed E-state index contributed by atoms with van der Waals surface area (Å²) >= 11 is 1.62. The summed E-state index contributed by atoms with van der Waals surface area (Å²) < 4.78 is 5.21. The minimum Gasteiger partial charge on any atom is -0.378 e. The molecular weight excluding hydrogens is 196 g/mol. The maximum atomic E-state index is 11.6. The minimum absolute atomic E-state index is 0.235. The Kier molecular flexibility index (Phi) is 3.84. The molecule has 0 radical (unpaired) electrons. The number of ketones is 1. The largest absolute Gasteiger partial charge is 0.378 e. The van der Waals surface area contributed by atoms with Crippen molar-refractivity contribution < 1.29 is 9.53 Å². The van der Waals surface area contributed by atoms with Crippen LogP contribution in [0, 0.1) is 0 Å². The van der Waals surface area contributed by atoms with Gasteiger partial charge in [0.25, 0.3) is 0 Å². The molecule has 0 atom stereocenters. The summed E-state index contributed by atoms with van der Waals surface area (Å²) in [4.78, 5) is 12.7. The number of hydrogen-bond donors (Lipinski definition) is 0. The SMILES string of the molecule is COC(C)(C)CC(=O)Cc1cccs1. The quantitative estimate of drug-likeness (QED) is 0.750. The summed E-state index contributed by atoms with van der Waals surface area (Å²) in [6.07, 6.45) is 1.01. The Balaban J connectivity index is 2.44. The lowest BCUT2D eigenvalue weighted by Gasteiger charge is -2.21. The Labute approximate surface area is 88.9 Å². The first kappa shape index (κ1) is 11.4. The van der Waals surface area contributed by atoms with E-state index in [4.69, 9.17) is 4.74 Å². The second-order valence-electron chi connectivity index (χ2n) is 3.94. The molecule has 0 aliphatic heterocycles. The van der Waals surface area contributed by atoms with Gasteiger partial charge in [-0.25, -0.2) is 0 Å². The molecule has 0 saturated heterocycles. The van der Waals surface area contributed by atoms with Crippen molar-refractivity contribution in [1.29, 1.82) is 0 Å². The van der Waals surface area contributed by atoms with E-state index < -0.39 is 0 Å². The normalized spacial score (nSPS) is 11.6. The van der Waals surface area contributed by atoms with Crippen molar-refractivity contribution in [2.75, 3.05) is 7.11 Å². The number of hydrogen-bond acceptors (Lipinski definition) is 3. The first-order chi connectivity index (χ1) is 6.53. The maximum Gasteiger partial charge on any atom is 0.140 e. The van der Waals surface area contributed by atoms with E-state index in [0.717, 1.165) is 4.88 Å². The summed E-state index contributed by atoms with van der Waals surface area (Å²) in [5, 5.41) is 1.99. The Morgan fingerprint density at radius 2 is 2.29 bits per heavy atom. The van der Waals surface area contributed by atoms with E-state index in [1.165, 1.54) is 0 Å². The fourth-order valence-corrected chi connectivity index (χ4v) is 1.95. The summed E-state index contributed by atoms with van der Waals surface area (Å²) in [7, 11) is 1.64. The fraction of sp³-hybridized carbons (Fsp3) is 0.545. The molecule has 0 aliphatic carbocycles. The average Bonchev–Trinajstić information content (AvgIpc) is 2.55. The maximum absolute atomic E-state index is 11.6. The third-order valence-corrected chi connectivity index (χ3v) is 3.00. The summed E-state index contributed by atoms with van der Waals surface area (Å²) in [5.74, 6) is 0.235. The van der Waals surface area contributed by atoms with Crippen molar-refractivity contribution in [1.82, 2.24) is 0 Å². The number of rotatable bonds is 5. The topological polar surface area (TPSA) is 26.3 Å². The highest BCUT2D eigenvalue weighted by Crippen LogP contribution is 2.17. The van der Waals surface area contributed by atoms with Gasteiger partial charge in [-0.05, 0) is 25.3 Å². The zero-order valence-corrected chi connectivity index (χ0v) is 9.69. The van der Waals surface area contributed by atoms with Crippen molar-refractivity contribution >= 4 is 17.1 Å². The Hall–Kier alpha value is -0.670. The van der Waals surface area contributed by atoms with E-state index in [2.05, 4.69) is 0 Å². The first-order valence-corrected chi connectivity index (χ1v) is 5.51. The van der Waals surface area contributed by atoms with Crippen molar-refractivity contribution in [3.05, 3.63) is 22.4 Å². The van der Waals surface area contributed by atoms with Gasteiger partial charge in [0.1, 0.15) is 5.78 Å². The van der Waals surface area contributed by atoms with E-state index in [-0.39, 0.29) is 11.4 Å². The first-order valence-electron chi connectivity index (χ1n) is 4.63. The Morgan fingerprint density at radius 1 is 1.57 bits per heavy atom. The predicted molar refractivity (Wildman–Crippen MR) is 58.7 cm³/mol. The van der Waals surface area contributed by atoms with Crippen LogP contribution in [0.25, 0.3) is 0 Å². The second kappa shape index (κ2) is 4.71. The van der Waals surface area contributed by atoms with Crippen LogP contribution in [0.2, 0.25) is 0 Å². The molecule has 0 bridgehead atoms. The lowest BCUT2D eigenvalue weighted by atomic mass is 10.00. The van der Waals surface area contributed by atoms with Crippen molar-refractivity contribution in [3.8, 4) is 0 Å². The third kappa shape index (κ3) is 3.60. The van der Waals surface area contributed by atoms with Crippen LogP contribution in [-0.2, 0) is 16.0 Å². The van der Waals surface area contributed by atoms with Crippen LogP contribution in [0.3, 0.4) is 0 Å². The third-order valence-electron chi connectivity index (χ3n) is 2.13. The summed E-state index contributed by atoms with van der Waals surface area (Å²) in [5.41, 5.74) is -0.339. The zero-order chi connectivity index (χ0) is 10.6. The zero-order valence-electron chi connectivity index (χ0n) is 8.87. The van der Waals surface area contributed by atoms with Crippen LogP contribution in [0.5, 0.6) is 0 Å². The van der Waals surface area contributed by atoms with Crippen LogP contribution in [0.1, 0.15) is 25.1 Å². The van der Waals surface area contributed by atoms with E-state index in [1.807, 2.05) is 31.4 Å². The molecule has 0 spiro atoms. The molecule has 1 heterocycles. The molecule has 1 aromatic rings. The Bertz CT molecular complexity index is 288. The molecule has 14 heavy (non-hydrogen) atoms. The number of thiophene rings is 1. The van der Waals surface area contributed by atoms with Gasteiger partial charge in [0.15, 0.2) is 0 Å². The van der Waals surface area contributed by atoms with Gasteiger partial charge in [-0.1, -0.05) is 6.07 Å². The molecule has 0 amide bonds. The van der Waals surface area contributed by atoms with Crippen LogP contribution in [0.15, 0.2) is 17.5 Å². The Morgan fingerprint density at radius 3 is 2.79 bits per heavy atom. The lowest BCUT2D eigenvalue weighted by Crippen LogP contribution is -2.26. The van der Waals surface area contributed by atoms with Gasteiger partial charge in [0.05, 0.1) is 5.60 Å². The van der Waals surface area contributed by atoms with E-state index >= 15 is 0 Å². The van der Waals surface area contributed by atoms with Gasteiger partial charge in [0, 0.05) is 24.8 Å². The smallest absolute Gasteiger partial charge is 0.140 e. The van der Waals surface area contributed by atoms with Crippen molar-refractivity contribution in [3.63, 3.8) is 0 Å². The highest BCUT2D eigenvalue weighted by Gasteiger charge is 2.20.